The van der Waals surface area contributed by atoms with E-state index in [1.54, 1.807) is 19.1 Å². The zero-order chi connectivity index (χ0) is 13.1. The second-order valence-corrected chi connectivity index (χ2v) is 5.20. The van der Waals surface area contributed by atoms with E-state index in [9.17, 15) is 8.42 Å². The van der Waals surface area contributed by atoms with Crippen molar-refractivity contribution in [1.29, 1.82) is 5.26 Å². The summed E-state index contributed by atoms with van der Waals surface area (Å²) in [7, 11) is -2.03. The molecule has 0 fully saturated rings. The maximum absolute atomic E-state index is 10.9. The molecule has 17 heavy (non-hydrogen) atoms. The molecule has 0 spiro atoms. The molecule has 0 aliphatic carbocycles. The molecule has 0 N–H and O–H groups in total. The van der Waals surface area contributed by atoms with Gasteiger partial charge in [0.05, 0.1) is 25.5 Å². The SMILES string of the molecule is COc1cc(COS(C)(=O)=O)c(C)cc1C#N. The summed E-state index contributed by atoms with van der Waals surface area (Å²) in [6, 6.07) is 5.25. The average molecular weight is 255 g/mol. The Morgan fingerprint density at radius 2 is 2.06 bits per heavy atom. The fourth-order valence-electron chi connectivity index (χ4n) is 1.31. The Morgan fingerprint density at radius 3 is 2.53 bits per heavy atom. The lowest BCUT2D eigenvalue weighted by atomic mass is 10.1. The van der Waals surface area contributed by atoms with Gasteiger partial charge in [-0.15, -0.1) is 0 Å². The molecule has 1 aromatic carbocycles. The van der Waals surface area contributed by atoms with Crippen molar-refractivity contribution in [1.82, 2.24) is 0 Å². The second kappa shape index (κ2) is 5.17. The van der Waals surface area contributed by atoms with Gasteiger partial charge < -0.3 is 4.74 Å². The van der Waals surface area contributed by atoms with Crippen LogP contribution in [-0.4, -0.2) is 21.8 Å². The first-order valence-corrected chi connectivity index (χ1v) is 6.61. The van der Waals surface area contributed by atoms with Crippen molar-refractivity contribution in [3.05, 3.63) is 28.8 Å². The van der Waals surface area contributed by atoms with Gasteiger partial charge >= 0.3 is 0 Å². The summed E-state index contributed by atoms with van der Waals surface area (Å²) in [5.41, 5.74) is 1.87. The first-order valence-electron chi connectivity index (χ1n) is 4.79. The number of rotatable bonds is 4. The molecule has 0 saturated carbocycles. The van der Waals surface area contributed by atoms with Crippen molar-refractivity contribution >= 4 is 10.1 Å². The minimum atomic E-state index is -3.48. The standard InChI is InChI=1S/C11H13NO4S/c1-8-4-9(6-12)11(15-2)5-10(8)7-16-17(3,13)14/h4-5H,7H2,1-3H3. The molecular formula is C11H13NO4S. The van der Waals surface area contributed by atoms with Gasteiger partial charge in [-0.3, -0.25) is 4.18 Å². The first kappa shape index (κ1) is 13.5. The van der Waals surface area contributed by atoms with Gasteiger partial charge in [0.15, 0.2) is 0 Å². The summed E-state index contributed by atoms with van der Waals surface area (Å²) in [4.78, 5) is 0. The van der Waals surface area contributed by atoms with Crippen LogP contribution in [0.15, 0.2) is 12.1 Å². The number of benzene rings is 1. The fraction of sp³-hybridized carbons (Fsp3) is 0.364. The molecule has 1 rings (SSSR count). The Labute approximate surface area is 101 Å². The molecule has 6 heteroatoms. The molecule has 0 bridgehead atoms. The number of hydrogen-bond acceptors (Lipinski definition) is 5. The van der Waals surface area contributed by atoms with Gasteiger partial charge in [-0.2, -0.15) is 13.7 Å². The zero-order valence-corrected chi connectivity index (χ0v) is 10.7. The predicted octanol–water partition coefficient (Wildman–Crippen LogP) is 1.35. The molecule has 5 nitrogen and oxygen atoms in total. The van der Waals surface area contributed by atoms with E-state index in [1.807, 2.05) is 6.07 Å². The van der Waals surface area contributed by atoms with Gasteiger partial charge in [0.2, 0.25) is 0 Å². The number of nitriles is 1. The third kappa shape index (κ3) is 3.73. The van der Waals surface area contributed by atoms with Crippen molar-refractivity contribution in [2.24, 2.45) is 0 Å². The highest BCUT2D eigenvalue weighted by Gasteiger charge is 2.10. The Balaban J connectivity index is 3.06. The molecule has 0 unspecified atom stereocenters. The van der Waals surface area contributed by atoms with E-state index in [-0.39, 0.29) is 6.61 Å². The minimum Gasteiger partial charge on any atom is -0.495 e. The van der Waals surface area contributed by atoms with Crippen molar-refractivity contribution in [2.75, 3.05) is 13.4 Å². The Bertz CT molecular complexity index is 558. The largest absolute Gasteiger partial charge is 0.495 e. The van der Waals surface area contributed by atoms with Gasteiger partial charge in [-0.05, 0) is 30.2 Å². The van der Waals surface area contributed by atoms with Crippen LogP contribution in [0.5, 0.6) is 5.75 Å². The summed E-state index contributed by atoms with van der Waals surface area (Å²) < 4.78 is 31.5. The predicted molar refractivity (Wildman–Crippen MR) is 62.1 cm³/mol. The van der Waals surface area contributed by atoms with Crippen LogP contribution in [0.25, 0.3) is 0 Å². The molecule has 0 amide bonds. The van der Waals surface area contributed by atoms with Crippen LogP contribution >= 0.6 is 0 Å². The third-order valence-corrected chi connectivity index (χ3v) is 2.75. The zero-order valence-electron chi connectivity index (χ0n) is 9.85. The van der Waals surface area contributed by atoms with Crippen LogP contribution in [0.1, 0.15) is 16.7 Å². The van der Waals surface area contributed by atoms with E-state index in [4.69, 9.17) is 14.2 Å². The van der Waals surface area contributed by atoms with E-state index < -0.39 is 10.1 Å². The highest BCUT2D eigenvalue weighted by atomic mass is 32.2. The normalized spacial score (nSPS) is 10.9. The van der Waals surface area contributed by atoms with Gasteiger partial charge in [0, 0.05) is 0 Å². The monoisotopic (exact) mass is 255 g/mol. The maximum Gasteiger partial charge on any atom is 0.264 e. The van der Waals surface area contributed by atoms with Crippen molar-refractivity contribution in [3.8, 4) is 11.8 Å². The van der Waals surface area contributed by atoms with Crippen molar-refractivity contribution < 1.29 is 17.3 Å². The van der Waals surface area contributed by atoms with Crippen molar-refractivity contribution in [2.45, 2.75) is 13.5 Å². The van der Waals surface area contributed by atoms with E-state index in [1.165, 1.54) is 7.11 Å². The molecule has 0 aliphatic rings. The Morgan fingerprint density at radius 1 is 1.41 bits per heavy atom. The lowest BCUT2D eigenvalue weighted by molar-refractivity contribution is 0.310. The van der Waals surface area contributed by atoms with Crippen LogP contribution in [0, 0.1) is 18.3 Å². The number of methoxy groups -OCH3 is 1. The van der Waals surface area contributed by atoms with Crippen molar-refractivity contribution in [3.63, 3.8) is 0 Å². The molecule has 92 valence electrons. The van der Waals surface area contributed by atoms with Crippen LogP contribution in [-0.2, 0) is 20.9 Å². The van der Waals surface area contributed by atoms with Crippen LogP contribution < -0.4 is 4.74 Å². The highest BCUT2D eigenvalue weighted by Crippen LogP contribution is 2.23. The third-order valence-electron chi connectivity index (χ3n) is 2.21. The number of aryl methyl sites for hydroxylation is 1. The summed E-state index contributed by atoms with van der Waals surface area (Å²) in [5.74, 6) is 0.408. The molecule has 0 radical (unpaired) electrons. The van der Waals surface area contributed by atoms with E-state index >= 15 is 0 Å². The average Bonchev–Trinajstić information content (AvgIpc) is 2.25. The van der Waals surface area contributed by atoms with Gasteiger partial charge in [-0.25, -0.2) is 0 Å². The molecule has 0 heterocycles. The van der Waals surface area contributed by atoms with Gasteiger partial charge in [-0.1, -0.05) is 0 Å². The second-order valence-electron chi connectivity index (χ2n) is 3.56. The van der Waals surface area contributed by atoms with Crippen LogP contribution in [0.4, 0.5) is 0 Å². The van der Waals surface area contributed by atoms with E-state index in [0.717, 1.165) is 11.8 Å². The summed E-state index contributed by atoms with van der Waals surface area (Å²) in [6.45, 7) is 1.72. The molecule has 0 atom stereocenters. The van der Waals surface area contributed by atoms with E-state index in [0.29, 0.717) is 16.9 Å². The number of nitrogens with zero attached hydrogens (tertiary/aromatic N) is 1. The first-order chi connectivity index (χ1) is 7.87. The lowest BCUT2D eigenvalue weighted by Crippen LogP contribution is -2.04. The Kier molecular flexibility index (Phi) is 4.10. The number of hydrogen-bond donors (Lipinski definition) is 0. The molecular weight excluding hydrogens is 242 g/mol. The quantitative estimate of drug-likeness (QED) is 0.759. The molecule has 0 aliphatic heterocycles. The van der Waals surface area contributed by atoms with Gasteiger partial charge in [0.25, 0.3) is 10.1 Å². The molecule has 1 aromatic rings. The van der Waals surface area contributed by atoms with Crippen LogP contribution in [0.2, 0.25) is 0 Å². The Hall–Kier alpha value is -1.58. The van der Waals surface area contributed by atoms with Gasteiger partial charge in [0.1, 0.15) is 11.8 Å². The summed E-state index contributed by atoms with van der Waals surface area (Å²) >= 11 is 0. The smallest absolute Gasteiger partial charge is 0.264 e. The topological polar surface area (TPSA) is 76.4 Å². The fourth-order valence-corrected chi connectivity index (χ4v) is 1.65. The summed E-state index contributed by atoms with van der Waals surface area (Å²) in [6.07, 6.45) is 0.989. The molecule has 0 saturated heterocycles. The number of ether oxygens (including phenoxy) is 1. The minimum absolute atomic E-state index is 0.0628. The molecule has 0 aromatic heterocycles. The van der Waals surface area contributed by atoms with Crippen LogP contribution in [0.3, 0.4) is 0 Å². The maximum atomic E-state index is 10.9. The highest BCUT2D eigenvalue weighted by molar-refractivity contribution is 7.85. The lowest BCUT2D eigenvalue weighted by Gasteiger charge is -2.09. The van der Waals surface area contributed by atoms with E-state index in [2.05, 4.69) is 0 Å². The summed E-state index contributed by atoms with van der Waals surface area (Å²) in [5, 5.41) is 8.87.